The van der Waals surface area contributed by atoms with Gasteiger partial charge in [0.05, 0.1) is 11.8 Å². The number of carbonyl (C=O) groups excluding carboxylic acids is 1. The Morgan fingerprint density at radius 2 is 2.00 bits per heavy atom. The molecule has 6 nitrogen and oxygen atoms in total. The lowest BCUT2D eigenvalue weighted by atomic mass is 10.1. The van der Waals surface area contributed by atoms with Crippen LogP contribution in [0.3, 0.4) is 0 Å². The van der Waals surface area contributed by atoms with E-state index in [1.165, 1.54) is 12.3 Å². The molecule has 0 aromatic heterocycles. The molecule has 2 aromatic carbocycles. The van der Waals surface area contributed by atoms with Gasteiger partial charge in [0.2, 0.25) is 0 Å². The van der Waals surface area contributed by atoms with Crippen LogP contribution >= 0.6 is 0 Å². The third-order valence-electron chi connectivity index (χ3n) is 2.94. The Balaban J connectivity index is 1.88. The highest BCUT2D eigenvalue weighted by Crippen LogP contribution is 2.11. The molecule has 2 N–H and O–H groups in total. The fourth-order valence-corrected chi connectivity index (χ4v) is 1.86. The predicted octanol–water partition coefficient (Wildman–Crippen LogP) is 2.22. The van der Waals surface area contributed by atoms with Crippen LogP contribution in [-0.2, 0) is 4.79 Å². The number of amides is 1. The molecule has 0 aliphatic carbocycles. The van der Waals surface area contributed by atoms with Gasteiger partial charge in [-0.25, -0.2) is 10.2 Å². The molecule has 0 bridgehead atoms. The molecule has 23 heavy (non-hydrogen) atoms. The number of carboxylic acids is 1. The maximum Gasteiger partial charge on any atom is 0.336 e. The van der Waals surface area contributed by atoms with Crippen LogP contribution in [0.15, 0.2) is 53.6 Å². The quantitative estimate of drug-likeness (QED) is 0.632. The Kier molecular flexibility index (Phi) is 5.46. The molecule has 2 rings (SSSR count). The van der Waals surface area contributed by atoms with E-state index in [9.17, 15) is 9.59 Å². The number of aromatic carboxylic acids is 1. The zero-order chi connectivity index (χ0) is 16.7. The number of hydrogen-bond acceptors (Lipinski definition) is 4. The van der Waals surface area contributed by atoms with Crippen molar-refractivity contribution in [3.63, 3.8) is 0 Å². The van der Waals surface area contributed by atoms with E-state index in [4.69, 9.17) is 9.84 Å². The van der Waals surface area contributed by atoms with E-state index in [0.717, 1.165) is 5.56 Å². The number of nitrogens with zero attached hydrogens (tertiary/aromatic N) is 1. The van der Waals surface area contributed by atoms with Gasteiger partial charge in [-0.3, -0.25) is 4.79 Å². The van der Waals surface area contributed by atoms with Crippen LogP contribution in [0.2, 0.25) is 0 Å². The lowest BCUT2D eigenvalue weighted by molar-refractivity contribution is -0.123. The van der Waals surface area contributed by atoms with Crippen LogP contribution in [0.25, 0.3) is 0 Å². The third-order valence-corrected chi connectivity index (χ3v) is 2.94. The fraction of sp³-hybridized carbons (Fsp3) is 0.118. The summed E-state index contributed by atoms with van der Waals surface area (Å²) in [6.07, 6.45) is 1.29. The minimum absolute atomic E-state index is 0.113. The molecule has 0 spiro atoms. The Labute approximate surface area is 133 Å². The summed E-state index contributed by atoms with van der Waals surface area (Å²) < 4.78 is 5.33. The van der Waals surface area contributed by atoms with Crippen molar-refractivity contribution in [2.75, 3.05) is 6.61 Å². The van der Waals surface area contributed by atoms with Gasteiger partial charge in [-0.15, -0.1) is 0 Å². The number of ether oxygens (including phenoxy) is 1. The Morgan fingerprint density at radius 1 is 1.22 bits per heavy atom. The van der Waals surface area contributed by atoms with Gasteiger partial charge in [-0.05, 0) is 30.7 Å². The first-order valence-electron chi connectivity index (χ1n) is 6.90. The molecular weight excluding hydrogens is 296 g/mol. The molecule has 0 radical (unpaired) electrons. The number of nitrogens with one attached hydrogen (secondary N) is 1. The van der Waals surface area contributed by atoms with Crippen molar-refractivity contribution in [2.24, 2.45) is 5.10 Å². The van der Waals surface area contributed by atoms with E-state index in [2.05, 4.69) is 10.5 Å². The Bertz CT molecular complexity index is 741. The van der Waals surface area contributed by atoms with E-state index in [0.29, 0.717) is 11.3 Å². The number of carboxylic acid groups (broad SMARTS) is 1. The minimum atomic E-state index is -1.05. The molecule has 0 atom stereocenters. The average Bonchev–Trinajstić information content (AvgIpc) is 2.53. The summed E-state index contributed by atoms with van der Waals surface area (Å²) in [5, 5.41) is 12.8. The van der Waals surface area contributed by atoms with Crippen molar-refractivity contribution in [3.05, 3.63) is 65.2 Å². The summed E-state index contributed by atoms with van der Waals surface area (Å²) in [6, 6.07) is 13.7. The summed E-state index contributed by atoms with van der Waals surface area (Å²) in [4.78, 5) is 22.7. The molecule has 0 saturated carbocycles. The maximum atomic E-state index is 11.6. The molecule has 0 unspecified atom stereocenters. The predicted molar refractivity (Wildman–Crippen MR) is 85.8 cm³/mol. The second-order valence-electron chi connectivity index (χ2n) is 4.79. The number of benzene rings is 2. The first-order chi connectivity index (χ1) is 11.1. The molecule has 1 amide bonds. The Morgan fingerprint density at radius 3 is 2.74 bits per heavy atom. The molecule has 6 heteroatoms. The zero-order valence-electron chi connectivity index (χ0n) is 12.5. The lowest BCUT2D eigenvalue weighted by Crippen LogP contribution is -2.24. The van der Waals surface area contributed by atoms with Crippen LogP contribution in [0.5, 0.6) is 5.75 Å². The van der Waals surface area contributed by atoms with Crippen molar-refractivity contribution in [1.82, 2.24) is 5.43 Å². The lowest BCUT2D eigenvalue weighted by Gasteiger charge is -2.05. The monoisotopic (exact) mass is 312 g/mol. The molecular formula is C17H16N2O4. The van der Waals surface area contributed by atoms with Crippen molar-refractivity contribution in [1.29, 1.82) is 0 Å². The number of rotatable bonds is 6. The number of hydrogen-bond donors (Lipinski definition) is 2. The largest absolute Gasteiger partial charge is 0.484 e. The van der Waals surface area contributed by atoms with Gasteiger partial charge in [0.15, 0.2) is 6.61 Å². The number of carbonyl (C=O) groups is 2. The van der Waals surface area contributed by atoms with E-state index >= 15 is 0 Å². The van der Waals surface area contributed by atoms with Gasteiger partial charge in [0, 0.05) is 5.56 Å². The fourth-order valence-electron chi connectivity index (χ4n) is 1.86. The van der Waals surface area contributed by atoms with Crippen LogP contribution in [-0.4, -0.2) is 29.8 Å². The van der Waals surface area contributed by atoms with Crippen molar-refractivity contribution < 1.29 is 19.4 Å². The number of hydrazone groups is 1. The summed E-state index contributed by atoms with van der Waals surface area (Å²) in [7, 11) is 0. The van der Waals surface area contributed by atoms with E-state index in [1.807, 2.05) is 25.1 Å². The molecule has 0 aliphatic heterocycles. The Hall–Kier alpha value is -3.15. The van der Waals surface area contributed by atoms with E-state index in [1.54, 1.807) is 24.3 Å². The van der Waals surface area contributed by atoms with Crippen LogP contribution in [0.1, 0.15) is 21.5 Å². The topological polar surface area (TPSA) is 88.0 Å². The second-order valence-corrected chi connectivity index (χ2v) is 4.79. The van der Waals surface area contributed by atoms with Gasteiger partial charge in [-0.1, -0.05) is 30.3 Å². The van der Waals surface area contributed by atoms with Gasteiger partial charge < -0.3 is 9.84 Å². The van der Waals surface area contributed by atoms with Crippen molar-refractivity contribution in [3.8, 4) is 5.75 Å². The highest BCUT2D eigenvalue weighted by Gasteiger charge is 2.07. The van der Waals surface area contributed by atoms with E-state index in [-0.39, 0.29) is 12.2 Å². The summed E-state index contributed by atoms with van der Waals surface area (Å²) in [5.41, 5.74) is 3.84. The molecule has 0 saturated heterocycles. The summed E-state index contributed by atoms with van der Waals surface area (Å²) in [5.74, 6) is -0.892. The highest BCUT2D eigenvalue weighted by atomic mass is 16.5. The van der Waals surface area contributed by atoms with Crippen LogP contribution in [0.4, 0.5) is 0 Å². The molecule has 118 valence electrons. The van der Waals surface area contributed by atoms with Crippen LogP contribution in [0, 0.1) is 6.92 Å². The van der Waals surface area contributed by atoms with Crippen LogP contribution < -0.4 is 10.2 Å². The molecule has 0 fully saturated rings. The molecule has 0 heterocycles. The second kappa shape index (κ2) is 7.74. The minimum Gasteiger partial charge on any atom is -0.484 e. The number of aryl methyl sites for hydroxylation is 1. The SMILES string of the molecule is Cc1cccc(OCC(=O)NN=Cc2ccccc2C(=O)O)c1. The van der Waals surface area contributed by atoms with Gasteiger partial charge >= 0.3 is 5.97 Å². The first-order valence-corrected chi connectivity index (χ1v) is 6.90. The summed E-state index contributed by atoms with van der Waals surface area (Å²) >= 11 is 0. The molecule has 2 aromatic rings. The average molecular weight is 312 g/mol. The normalized spacial score (nSPS) is 10.5. The smallest absolute Gasteiger partial charge is 0.336 e. The zero-order valence-corrected chi connectivity index (χ0v) is 12.5. The third kappa shape index (κ3) is 4.96. The molecule has 0 aliphatic rings. The summed E-state index contributed by atoms with van der Waals surface area (Å²) in [6.45, 7) is 1.75. The standard InChI is InChI=1S/C17H16N2O4/c1-12-5-4-7-14(9-12)23-11-16(20)19-18-10-13-6-2-3-8-15(13)17(21)22/h2-10H,11H2,1H3,(H,19,20)(H,21,22). The van der Waals surface area contributed by atoms with Crippen molar-refractivity contribution >= 4 is 18.1 Å². The first kappa shape index (κ1) is 16.2. The highest BCUT2D eigenvalue weighted by molar-refractivity contribution is 5.98. The maximum absolute atomic E-state index is 11.6. The van der Waals surface area contributed by atoms with E-state index < -0.39 is 11.9 Å². The van der Waals surface area contributed by atoms with Crippen molar-refractivity contribution in [2.45, 2.75) is 6.92 Å². The van der Waals surface area contributed by atoms with Gasteiger partial charge in [0.1, 0.15) is 5.75 Å². The van der Waals surface area contributed by atoms with Gasteiger partial charge in [0.25, 0.3) is 5.91 Å². The van der Waals surface area contributed by atoms with Gasteiger partial charge in [-0.2, -0.15) is 5.10 Å².